The molecule has 0 N–H and O–H groups in total. The van der Waals surface area contributed by atoms with E-state index in [9.17, 15) is 9.59 Å². The minimum Gasteiger partial charge on any atom is -0.496 e. The first-order valence-electron chi connectivity index (χ1n) is 11.6. The third-order valence-corrected chi connectivity index (χ3v) is 6.63. The van der Waals surface area contributed by atoms with E-state index in [1.54, 1.807) is 10.8 Å². The van der Waals surface area contributed by atoms with Crippen LogP contribution in [-0.4, -0.2) is 63.1 Å². The van der Waals surface area contributed by atoms with Gasteiger partial charge in [0.1, 0.15) is 17.1 Å². The van der Waals surface area contributed by atoms with E-state index in [-0.39, 0.29) is 11.5 Å². The summed E-state index contributed by atoms with van der Waals surface area (Å²) in [4.78, 5) is 34.9. The lowest BCUT2D eigenvalue weighted by Crippen LogP contribution is -2.33. The Morgan fingerprint density at radius 1 is 1.06 bits per heavy atom. The van der Waals surface area contributed by atoms with Crippen molar-refractivity contribution >= 4 is 5.91 Å². The summed E-state index contributed by atoms with van der Waals surface area (Å²) < 4.78 is 9.37. The van der Waals surface area contributed by atoms with E-state index >= 15 is 0 Å². The molecule has 0 atom stereocenters. The summed E-state index contributed by atoms with van der Waals surface area (Å²) in [7, 11) is 1.53. The van der Waals surface area contributed by atoms with Gasteiger partial charge in [-0.3, -0.25) is 14.5 Å². The largest absolute Gasteiger partial charge is 0.496 e. The van der Waals surface area contributed by atoms with Gasteiger partial charge in [0, 0.05) is 75.5 Å². The number of carbonyl (C=O) groups excluding carboxylic acids is 1. The number of carbonyl (C=O) groups is 1. The van der Waals surface area contributed by atoms with Crippen LogP contribution in [0.2, 0.25) is 0 Å². The minimum atomic E-state index is -0.112. The molecule has 2 aliphatic heterocycles. The molecule has 172 valence electrons. The molecular weight excluding hydrogens is 418 g/mol. The van der Waals surface area contributed by atoms with Crippen molar-refractivity contribution in [1.82, 2.24) is 23.9 Å². The topological polar surface area (TPSA) is 72.6 Å². The number of likely N-dealkylation sites (tertiary alicyclic amines) is 1. The van der Waals surface area contributed by atoms with Crippen molar-refractivity contribution in [3.63, 3.8) is 0 Å². The lowest BCUT2D eigenvalue weighted by atomic mass is 10.1. The van der Waals surface area contributed by atoms with Crippen LogP contribution in [0.15, 0.2) is 53.6 Å². The summed E-state index contributed by atoms with van der Waals surface area (Å²) in [5.41, 5.74) is 2.37. The summed E-state index contributed by atoms with van der Waals surface area (Å²) in [6, 6.07) is 11.5. The maximum Gasteiger partial charge on any atom is 0.259 e. The van der Waals surface area contributed by atoms with Crippen molar-refractivity contribution in [3.8, 4) is 11.6 Å². The van der Waals surface area contributed by atoms with Crippen molar-refractivity contribution in [2.24, 2.45) is 0 Å². The first-order chi connectivity index (χ1) is 16.2. The molecule has 3 aromatic rings. The number of ether oxygens (including phenoxy) is 1. The Hall–Kier alpha value is -3.39. The monoisotopic (exact) mass is 447 g/mol. The van der Waals surface area contributed by atoms with Gasteiger partial charge >= 0.3 is 0 Å². The Kier molecular flexibility index (Phi) is 6.00. The highest BCUT2D eigenvalue weighted by atomic mass is 16.5. The van der Waals surface area contributed by atoms with Gasteiger partial charge in [0.2, 0.25) is 0 Å². The van der Waals surface area contributed by atoms with Gasteiger partial charge in [-0.15, -0.1) is 0 Å². The van der Waals surface area contributed by atoms with Crippen molar-refractivity contribution in [2.45, 2.75) is 32.4 Å². The Bertz CT molecular complexity index is 1190. The number of rotatable bonds is 5. The molecule has 1 saturated heterocycles. The zero-order valence-electron chi connectivity index (χ0n) is 18.9. The SMILES string of the molecule is COc1cc(=O)n2c(c1C(=O)N1CCCC1)CCN(Cc1cccn1-c1ccccn1)CC2. The van der Waals surface area contributed by atoms with Crippen LogP contribution >= 0.6 is 0 Å². The predicted octanol–water partition coefficient (Wildman–Crippen LogP) is 2.34. The molecule has 3 aromatic heterocycles. The second kappa shape index (κ2) is 9.23. The highest BCUT2D eigenvalue weighted by Crippen LogP contribution is 2.26. The molecule has 2 aliphatic rings. The van der Waals surface area contributed by atoms with Crippen molar-refractivity contribution < 1.29 is 9.53 Å². The third-order valence-electron chi connectivity index (χ3n) is 6.63. The summed E-state index contributed by atoms with van der Waals surface area (Å²) in [6.07, 6.45) is 6.47. The molecule has 0 aromatic carbocycles. The summed E-state index contributed by atoms with van der Waals surface area (Å²) in [5.74, 6) is 1.25. The molecule has 8 heteroatoms. The smallest absolute Gasteiger partial charge is 0.259 e. The number of aromatic nitrogens is 3. The van der Waals surface area contributed by atoms with E-state index in [2.05, 4.69) is 20.5 Å². The maximum absolute atomic E-state index is 13.4. The lowest BCUT2D eigenvalue weighted by Gasteiger charge is -2.21. The van der Waals surface area contributed by atoms with Crippen LogP contribution in [0.1, 0.15) is 34.6 Å². The van der Waals surface area contributed by atoms with Crippen LogP contribution in [0.25, 0.3) is 5.82 Å². The van der Waals surface area contributed by atoms with E-state index < -0.39 is 0 Å². The quantitative estimate of drug-likeness (QED) is 0.600. The molecule has 0 unspecified atom stereocenters. The van der Waals surface area contributed by atoms with Gasteiger partial charge in [0.25, 0.3) is 11.5 Å². The van der Waals surface area contributed by atoms with Crippen molar-refractivity contribution in [3.05, 3.63) is 76.1 Å². The number of methoxy groups -OCH3 is 1. The van der Waals surface area contributed by atoms with Crippen LogP contribution < -0.4 is 10.3 Å². The van der Waals surface area contributed by atoms with Crippen LogP contribution in [0.3, 0.4) is 0 Å². The highest BCUT2D eigenvalue weighted by Gasteiger charge is 2.29. The molecular formula is C25H29N5O3. The van der Waals surface area contributed by atoms with Gasteiger partial charge in [0.15, 0.2) is 0 Å². The van der Waals surface area contributed by atoms with Crippen LogP contribution in [0.4, 0.5) is 0 Å². The first-order valence-corrected chi connectivity index (χ1v) is 11.6. The van der Waals surface area contributed by atoms with Gasteiger partial charge in [-0.05, 0) is 37.1 Å². The number of amides is 1. The number of fused-ring (bicyclic) bond motifs is 1. The fourth-order valence-electron chi connectivity index (χ4n) is 4.91. The van der Waals surface area contributed by atoms with E-state index in [0.29, 0.717) is 24.3 Å². The first kappa shape index (κ1) is 21.5. The second-order valence-corrected chi connectivity index (χ2v) is 8.61. The molecule has 0 radical (unpaired) electrons. The molecule has 0 aliphatic carbocycles. The zero-order valence-corrected chi connectivity index (χ0v) is 18.9. The highest BCUT2D eigenvalue weighted by molar-refractivity contribution is 5.98. The number of pyridine rings is 2. The predicted molar refractivity (Wildman–Crippen MR) is 125 cm³/mol. The van der Waals surface area contributed by atoms with Crippen molar-refractivity contribution in [2.75, 3.05) is 33.3 Å². The summed E-state index contributed by atoms with van der Waals surface area (Å²) >= 11 is 0. The van der Waals surface area contributed by atoms with E-state index in [1.807, 2.05) is 35.4 Å². The Labute approximate surface area is 193 Å². The summed E-state index contributed by atoms with van der Waals surface area (Å²) in [5, 5.41) is 0. The van der Waals surface area contributed by atoms with E-state index in [4.69, 9.17) is 4.74 Å². The zero-order chi connectivity index (χ0) is 22.8. The van der Waals surface area contributed by atoms with Gasteiger partial charge in [-0.1, -0.05) is 6.07 Å². The lowest BCUT2D eigenvalue weighted by molar-refractivity contribution is 0.0787. The second-order valence-electron chi connectivity index (χ2n) is 8.61. The van der Waals surface area contributed by atoms with Gasteiger partial charge in [-0.25, -0.2) is 4.98 Å². The molecule has 5 rings (SSSR count). The number of nitrogens with zero attached hydrogens (tertiary/aromatic N) is 5. The molecule has 8 nitrogen and oxygen atoms in total. The minimum absolute atomic E-state index is 0.0226. The van der Waals surface area contributed by atoms with Crippen LogP contribution in [-0.2, 0) is 19.5 Å². The van der Waals surface area contributed by atoms with Crippen LogP contribution in [0.5, 0.6) is 5.75 Å². The van der Waals surface area contributed by atoms with Crippen LogP contribution in [0, 0.1) is 0 Å². The molecule has 0 spiro atoms. The fraction of sp³-hybridized carbons (Fsp3) is 0.400. The average Bonchev–Trinajstić information content (AvgIpc) is 3.49. The van der Waals surface area contributed by atoms with Gasteiger partial charge in [0.05, 0.1) is 7.11 Å². The van der Waals surface area contributed by atoms with Gasteiger partial charge < -0.3 is 18.8 Å². The van der Waals surface area contributed by atoms with E-state index in [1.165, 1.54) is 13.2 Å². The molecule has 1 amide bonds. The van der Waals surface area contributed by atoms with Gasteiger partial charge in [-0.2, -0.15) is 0 Å². The Morgan fingerprint density at radius 2 is 1.91 bits per heavy atom. The third kappa shape index (κ3) is 4.18. The van der Waals surface area contributed by atoms with Crippen molar-refractivity contribution in [1.29, 1.82) is 0 Å². The Balaban J connectivity index is 1.42. The molecule has 33 heavy (non-hydrogen) atoms. The molecule has 1 fully saturated rings. The average molecular weight is 448 g/mol. The maximum atomic E-state index is 13.4. The standard InChI is InChI=1S/C25H29N5O3/c1-33-21-17-23(31)30-16-15-27(14-9-20(30)24(21)25(32)28-11-4-5-12-28)18-19-7-6-13-29(19)22-8-2-3-10-26-22/h2-3,6-8,10,13,17H,4-5,9,11-12,14-16,18H2,1H3. The van der Waals surface area contributed by atoms with E-state index in [0.717, 1.165) is 62.8 Å². The Morgan fingerprint density at radius 3 is 2.67 bits per heavy atom. The normalized spacial score (nSPS) is 16.5. The summed E-state index contributed by atoms with van der Waals surface area (Å²) in [6.45, 7) is 4.28. The molecule has 5 heterocycles. The molecule has 0 saturated carbocycles. The molecule has 0 bridgehead atoms. The number of hydrogen-bond donors (Lipinski definition) is 0. The number of hydrogen-bond acceptors (Lipinski definition) is 5. The fourth-order valence-corrected chi connectivity index (χ4v) is 4.91.